The maximum absolute atomic E-state index is 11.8. The van der Waals surface area contributed by atoms with Crippen LogP contribution in [0.2, 0.25) is 0 Å². The van der Waals surface area contributed by atoms with Gasteiger partial charge in [-0.25, -0.2) is 0 Å². The van der Waals surface area contributed by atoms with Crippen molar-refractivity contribution >= 4 is 29.6 Å². The molecule has 11 heteroatoms. The summed E-state index contributed by atoms with van der Waals surface area (Å²) in [5, 5.41) is 9.23. The molecule has 1 aliphatic rings. The second-order valence-corrected chi connectivity index (χ2v) is 7.25. The lowest BCUT2D eigenvalue weighted by molar-refractivity contribution is -0.167. The number of benzene rings is 1. The van der Waals surface area contributed by atoms with Crippen molar-refractivity contribution in [1.29, 1.82) is 0 Å². The molecular formula is C20H28N4O7. The van der Waals surface area contributed by atoms with E-state index in [-0.39, 0.29) is 26.2 Å². The Balaban J connectivity index is 1.96. The second kappa shape index (κ2) is 12.0. The average molecular weight is 436 g/mol. The third kappa shape index (κ3) is 9.11. The minimum Gasteiger partial charge on any atom is -0.480 e. The van der Waals surface area contributed by atoms with Crippen LogP contribution in [0, 0.1) is 0 Å². The fourth-order valence-corrected chi connectivity index (χ4v) is 3.14. The van der Waals surface area contributed by atoms with E-state index in [1.54, 1.807) is 21.9 Å². The smallest absolute Gasteiger partial charge is 0.327 e. The highest BCUT2D eigenvalue weighted by Crippen LogP contribution is 2.09. The Morgan fingerprint density at radius 2 is 1.68 bits per heavy atom. The molecule has 0 radical (unpaired) electrons. The molecule has 1 saturated heterocycles. The predicted molar refractivity (Wildman–Crippen MR) is 110 cm³/mol. The van der Waals surface area contributed by atoms with Gasteiger partial charge in [0.25, 0.3) is 0 Å². The van der Waals surface area contributed by atoms with Gasteiger partial charge in [0.1, 0.15) is 0 Å². The summed E-state index contributed by atoms with van der Waals surface area (Å²) < 4.78 is 9.26. The van der Waals surface area contributed by atoms with Crippen molar-refractivity contribution in [2.75, 3.05) is 65.2 Å². The minimum absolute atomic E-state index is 0.0156. The first-order valence-electron chi connectivity index (χ1n) is 9.78. The number of anilines is 1. The Hall–Kier alpha value is -3.02. The van der Waals surface area contributed by atoms with Crippen LogP contribution in [0.5, 0.6) is 0 Å². The quantitative estimate of drug-likeness (QED) is 0.237. The fraction of sp³-hybridized carbons (Fsp3) is 0.500. The molecule has 31 heavy (non-hydrogen) atoms. The number of morpholine rings is 1. The SMILES string of the molecule is COC(=O)CN(CCN(CCN1CC(=O)OC(=O)C1)CC(=O)O)Cc1ccc(N)cc1. The summed E-state index contributed by atoms with van der Waals surface area (Å²) in [5.41, 5.74) is 7.30. The number of aliphatic carboxylic acids is 1. The molecule has 0 atom stereocenters. The summed E-state index contributed by atoms with van der Waals surface area (Å²) in [7, 11) is 1.31. The van der Waals surface area contributed by atoms with Crippen molar-refractivity contribution in [2.24, 2.45) is 0 Å². The van der Waals surface area contributed by atoms with E-state index >= 15 is 0 Å². The predicted octanol–water partition coefficient (Wildman–Crippen LogP) is -0.984. The maximum Gasteiger partial charge on any atom is 0.327 e. The average Bonchev–Trinajstić information content (AvgIpc) is 2.70. The molecule has 170 valence electrons. The van der Waals surface area contributed by atoms with Crippen molar-refractivity contribution in [3.63, 3.8) is 0 Å². The number of hydrogen-bond donors (Lipinski definition) is 2. The van der Waals surface area contributed by atoms with Crippen LogP contribution in [0.15, 0.2) is 24.3 Å². The molecule has 0 aliphatic carbocycles. The summed E-state index contributed by atoms with van der Waals surface area (Å²) in [6.45, 7) is 1.72. The number of carbonyl (C=O) groups excluding carboxylic acids is 3. The number of methoxy groups -OCH3 is 1. The number of carbonyl (C=O) groups is 4. The number of nitrogens with zero attached hydrogens (tertiary/aromatic N) is 3. The van der Waals surface area contributed by atoms with E-state index in [1.807, 2.05) is 17.0 Å². The van der Waals surface area contributed by atoms with Gasteiger partial charge in [-0.1, -0.05) is 12.1 Å². The lowest BCUT2D eigenvalue weighted by Crippen LogP contribution is -2.47. The van der Waals surface area contributed by atoms with Gasteiger partial charge in [-0.2, -0.15) is 0 Å². The zero-order chi connectivity index (χ0) is 22.8. The Kier molecular flexibility index (Phi) is 9.38. The summed E-state index contributed by atoms with van der Waals surface area (Å²) >= 11 is 0. The number of cyclic esters (lactones) is 2. The number of nitrogen functional groups attached to an aromatic ring is 1. The van der Waals surface area contributed by atoms with E-state index in [0.717, 1.165) is 5.56 Å². The van der Waals surface area contributed by atoms with Crippen LogP contribution in [-0.2, 0) is 35.2 Å². The Morgan fingerprint density at radius 3 is 2.26 bits per heavy atom. The molecular weight excluding hydrogens is 408 g/mol. The lowest BCUT2D eigenvalue weighted by atomic mass is 10.2. The van der Waals surface area contributed by atoms with Crippen LogP contribution in [0.3, 0.4) is 0 Å². The molecule has 0 aromatic heterocycles. The van der Waals surface area contributed by atoms with Gasteiger partial charge in [-0.3, -0.25) is 33.9 Å². The number of carboxylic acid groups (broad SMARTS) is 1. The highest BCUT2D eigenvalue weighted by atomic mass is 16.6. The monoisotopic (exact) mass is 436 g/mol. The van der Waals surface area contributed by atoms with Gasteiger partial charge in [0.15, 0.2) is 0 Å². The highest BCUT2D eigenvalue weighted by Gasteiger charge is 2.25. The Labute approximate surface area is 180 Å². The molecule has 1 aliphatic heterocycles. The molecule has 1 aromatic carbocycles. The summed E-state index contributed by atoms with van der Waals surface area (Å²) in [6.07, 6.45) is 0. The first-order chi connectivity index (χ1) is 14.7. The van der Waals surface area contributed by atoms with Crippen molar-refractivity contribution < 1.29 is 33.8 Å². The molecule has 11 nitrogen and oxygen atoms in total. The molecule has 0 bridgehead atoms. The number of rotatable bonds is 12. The van der Waals surface area contributed by atoms with E-state index < -0.39 is 23.9 Å². The normalized spacial score (nSPS) is 14.7. The second-order valence-electron chi connectivity index (χ2n) is 7.25. The Morgan fingerprint density at radius 1 is 1.06 bits per heavy atom. The van der Waals surface area contributed by atoms with Crippen molar-refractivity contribution in [3.05, 3.63) is 29.8 Å². The molecule has 0 unspecified atom stereocenters. The fourth-order valence-electron chi connectivity index (χ4n) is 3.14. The number of ether oxygens (including phenoxy) is 2. The molecule has 1 aromatic rings. The zero-order valence-corrected chi connectivity index (χ0v) is 17.5. The van der Waals surface area contributed by atoms with E-state index in [9.17, 15) is 24.3 Å². The van der Waals surface area contributed by atoms with Gasteiger partial charge in [-0.15, -0.1) is 0 Å². The lowest BCUT2D eigenvalue weighted by Gasteiger charge is -2.29. The molecule has 1 fully saturated rings. The maximum atomic E-state index is 11.8. The van der Waals surface area contributed by atoms with Crippen molar-refractivity contribution in [3.8, 4) is 0 Å². The summed E-state index contributed by atoms with van der Waals surface area (Å²) in [4.78, 5) is 51.0. The minimum atomic E-state index is -0.993. The van der Waals surface area contributed by atoms with Gasteiger partial charge < -0.3 is 20.3 Å². The molecule has 1 heterocycles. The Bertz CT molecular complexity index is 768. The standard InChI is InChI=1S/C20H28N4O7/c1-30-18(27)12-23(10-15-2-4-16(21)5-3-15)8-6-22(11-17(25)26)7-9-24-13-19(28)31-20(29)14-24/h2-5H,6-14,21H2,1H3,(H,25,26). The van der Waals surface area contributed by atoms with Gasteiger partial charge >= 0.3 is 23.9 Å². The van der Waals surface area contributed by atoms with Crippen LogP contribution in [-0.4, -0.2) is 103 Å². The van der Waals surface area contributed by atoms with Crippen LogP contribution >= 0.6 is 0 Å². The van der Waals surface area contributed by atoms with Crippen LogP contribution < -0.4 is 5.73 Å². The molecule has 0 spiro atoms. The van der Waals surface area contributed by atoms with Gasteiger partial charge in [-0.05, 0) is 17.7 Å². The molecule has 0 amide bonds. The van der Waals surface area contributed by atoms with Crippen molar-refractivity contribution in [1.82, 2.24) is 14.7 Å². The number of esters is 3. The molecule has 3 N–H and O–H groups in total. The summed E-state index contributed by atoms with van der Waals surface area (Å²) in [6, 6.07) is 7.27. The van der Waals surface area contributed by atoms with Crippen LogP contribution in [0.1, 0.15) is 5.56 Å². The van der Waals surface area contributed by atoms with E-state index in [0.29, 0.717) is 38.4 Å². The van der Waals surface area contributed by atoms with Gasteiger partial charge in [0.05, 0.1) is 33.3 Å². The zero-order valence-electron chi connectivity index (χ0n) is 17.5. The van der Waals surface area contributed by atoms with Crippen molar-refractivity contribution in [2.45, 2.75) is 6.54 Å². The van der Waals surface area contributed by atoms with Crippen LogP contribution in [0.25, 0.3) is 0 Å². The first-order valence-corrected chi connectivity index (χ1v) is 9.78. The van der Waals surface area contributed by atoms with Gasteiger partial charge in [0, 0.05) is 38.4 Å². The highest BCUT2D eigenvalue weighted by molar-refractivity contribution is 5.90. The van der Waals surface area contributed by atoms with E-state index in [2.05, 4.69) is 4.74 Å². The molecule has 2 rings (SSSR count). The molecule has 0 saturated carbocycles. The first kappa shape index (κ1) is 24.3. The third-order valence-electron chi connectivity index (χ3n) is 4.72. The number of nitrogens with two attached hydrogens (primary N) is 1. The third-order valence-corrected chi connectivity index (χ3v) is 4.72. The van der Waals surface area contributed by atoms with Crippen LogP contribution in [0.4, 0.5) is 5.69 Å². The van der Waals surface area contributed by atoms with E-state index in [4.69, 9.17) is 10.5 Å². The van der Waals surface area contributed by atoms with Gasteiger partial charge in [0.2, 0.25) is 0 Å². The number of carboxylic acids is 1. The summed E-state index contributed by atoms with van der Waals surface area (Å²) in [5.74, 6) is -2.62. The van der Waals surface area contributed by atoms with E-state index in [1.165, 1.54) is 7.11 Å². The largest absolute Gasteiger partial charge is 0.480 e. The number of hydrogen-bond acceptors (Lipinski definition) is 10. The topological polar surface area (TPSA) is 143 Å².